The first kappa shape index (κ1) is 27.3. The molecule has 0 fully saturated rings. The summed E-state index contributed by atoms with van der Waals surface area (Å²) < 4.78 is 17.3. The summed E-state index contributed by atoms with van der Waals surface area (Å²) in [5.41, 5.74) is 4.72. The average Bonchev–Trinajstić information content (AvgIpc) is 3.11. The van der Waals surface area contributed by atoms with E-state index in [0.29, 0.717) is 35.7 Å². The molecule has 40 heavy (non-hydrogen) atoms. The summed E-state index contributed by atoms with van der Waals surface area (Å²) in [7, 11) is 3.22. The van der Waals surface area contributed by atoms with Gasteiger partial charge in [0.1, 0.15) is 5.75 Å². The minimum absolute atomic E-state index is 0.00376. The number of hydrogen-bond donors (Lipinski definition) is 1. The normalized spacial score (nSPS) is 19.1. The van der Waals surface area contributed by atoms with Gasteiger partial charge in [0.05, 0.1) is 37.7 Å². The topological polar surface area (TPSA) is 77.1 Å². The molecule has 0 aromatic heterocycles. The number of allylic oxidation sites excluding steroid dienone is 1. The van der Waals surface area contributed by atoms with E-state index < -0.39 is 6.04 Å². The van der Waals surface area contributed by atoms with Gasteiger partial charge in [-0.05, 0) is 61.6 Å². The fraction of sp³-hybridized carbons (Fsp3) is 0.333. The van der Waals surface area contributed by atoms with E-state index in [4.69, 9.17) is 14.2 Å². The van der Waals surface area contributed by atoms with Crippen LogP contribution in [-0.2, 0) is 9.59 Å². The lowest BCUT2D eigenvalue weighted by molar-refractivity contribution is -0.117. The number of fused-ring (bicyclic) bond motifs is 1. The zero-order chi connectivity index (χ0) is 28.4. The maximum absolute atomic E-state index is 14.2. The zero-order valence-corrected chi connectivity index (χ0v) is 23.7. The zero-order valence-electron chi connectivity index (χ0n) is 23.7. The Morgan fingerprint density at radius 2 is 1.70 bits per heavy atom. The van der Waals surface area contributed by atoms with E-state index in [9.17, 15) is 9.59 Å². The molecule has 0 saturated carbocycles. The molecule has 0 saturated heterocycles. The van der Waals surface area contributed by atoms with Gasteiger partial charge in [0.15, 0.2) is 17.3 Å². The van der Waals surface area contributed by atoms with Crippen molar-refractivity contribution in [3.8, 4) is 17.2 Å². The third-order valence-corrected chi connectivity index (χ3v) is 7.82. The van der Waals surface area contributed by atoms with E-state index in [1.807, 2.05) is 73.7 Å². The minimum Gasteiger partial charge on any atom is -0.493 e. The summed E-state index contributed by atoms with van der Waals surface area (Å²) in [6.45, 7) is 5.64. The van der Waals surface area contributed by atoms with E-state index in [-0.39, 0.29) is 23.7 Å². The number of nitrogens with one attached hydrogen (secondary N) is 1. The van der Waals surface area contributed by atoms with Crippen LogP contribution in [0, 0.1) is 0 Å². The van der Waals surface area contributed by atoms with Crippen molar-refractivity contribution < 1.29 is 23.8 Å². The van der Waals surface area contributed by atoms with Crippen molar-refractivity contribution in [2.24, 2.45) is 0 Å². The van der Waals surface area contributed by atoms with Crippen LogP contribution < -0.4 is 24.4 Å². The maximum Gasteiger partial charge on any atom is 0.224 e. The highest BCUT2D eigenvalue weighted by molar-refractivity contribution is 6.06. The summed E-state index contributed by atoms with van der Waals surface area (Å²) in [6.07, 6.45) is 1.72. The monoisotopic (exact) mass is 540 g/mol. The van der Waals surface area contributed by atoms with E-state index >= 15 is 0 Å². The molecule has 1 heterocycles. The van der Waals surface area contributed by atoms with Crippen LogP contribution in [0.1, 0.15) is 63.1 Å². The first-order valence-electron chi connectivity index (χ1n) is 13.8. The smallest absolute Gasteiger partial charge is 0.224 e. The third-order valence-electron chi connectivity index (χ3n) is 7.82. The Morgan fingerprint density at radius 3 is 2.42 bits per heavy atom. The molecule has 1 aliphatic heterocycles. The highest BCUT2D eigenvalue weighted by Gasteiger charge is 2.42. The predicted molar refractivity (Wildman–Crippen MR) is 156 cm³/mol. The van der Waals surface area contributed by atoms with Crippen molar-refractivity contribution >= 4 is 23.1 Å². The first-order valence-corrected chi connectivity index (χ1v) is 13.8. The van der Waals surface area contributed by atoms with Crippen molar-refractivity contribution in [2.75, 3.05) is 24.4 Å². The van der Waals surface area contributed by atoms with E-state index in [1.165, 1.54) is 0 Å². The van der Waals surface area contributed by atoms with Crippen LogP contribution >= 0.6 is 0 Å². The van der Waals surface area contributed by atoms with Gasteiger partial charge in [0.2, 0.25) is 5.91 Å². The van der Waals surface area contributed by atoms with Gasteiger partial charge in [0, 0.05) is 30.2 Å². The number of benzene rings is 3. The quantitative estimate of drug-likeness (QED) is 0.355. The molecule has 0 radical (unpaired) electrons. The van der Waals surface area contributed by atoms with Crippen molar-refractivity contribution in [1.29, 1.82) is 0 Å². The number of hydrogen-bond acceptors (Lipinski definition) is 6. The van der Waals surface area contributed by atoms with Crippen LogP contribution in [0.4, 0.5) is 11.4 Å². The van der Waals surface area contributed by atoms with E-state index in [0.717, 1.165) is 34.6 Å². The minimum atomic E-state index is -0.636. The number of amides is 1. The van der Waals surface area contributed by atoms with Crippen LogP contribution in [0.3, 0.4) is 0 Å². The second-order valence-corrected chi connectivity index (χ2v) is 10.3. The van der Waals surface area contributed by atoms with Crippen LogP contribution in [0.5, 0.6) is 17.2 Å². The van der Waals surface area contributed by atoms with Gasteiger partial charge in [-0.3, -0.25) is 14.5 Å². The Morgan fingerprint density at radius 1 is 0.975 bits per heavy atom. The lowest BCUT2D eigenvalue weighted by Crippen LogP contribution is -2.37. The number of ketones is 1. The molecule has 1 N–H and O–H groups in total. The molecule has 208 valence electrons. The summed E-state index contributed by atoms with van der Waals surface area (Å²) in [6, 6.07) is 20.6. The Kier molecular flexibility index (Phi) is 7.83. The molecule has 7 nitrogen and oxygen atoms in total. The Balaban J connectivity index is 1.68. The van der Waals surface area contributed by atoms with Crippen LogP contribution in [-0.4, -0.2) is 32.0 Å². The molecule has 2 aliphatic rings. The third kappa shape index (κ3) is 5.04. The number of nitrogens with zero attached hydrogens (tertiary/aromatic N) is 1. The van der Waals surface area contributed by atoms with Gasteiger partial charge in [-0.25, -0.2) is 0 Å². The lowest BCUT2D eigenvalue weighted by atomic mass is 9.78. The molecule has 0 bridgehead atoms. The van der Waals surface area contributed by atoms with Crippen molar-refractivity contribution in [2.45, 2.75) is 58.1 Å². The first-order chi connectivity index (χ1) is 19.4. The van der Waals surface area contributed by atoms with Gasteiger partial charge >= 0.3 is 0 Å². The summed E-state index contributed by atoms with van der Waals surface area (Å²) in [4.78, 5) is 29.3. The molecule has 3 atom stereocenters. The summed E-state index contributed by atoms with van der Waals surface area (Å²) >= 11 is 0. The second kappa shape index (κ2) is 11.5. The van der Waals surface area contributed by atoms with Gasteiger partial charge in [-0.2, -0.15) is 0 Å². The van der Waals surface area contributed by atoms with Gasteiger partial charge in [-0.15, -0.1) is 0 Å². The predicted octanol–water partition coefficient (Wildman–Crippen LogP) is 6.80. The van der Waals surface area contributed by atoms with Gasteiger partial charge in [-0.1, -0.05) is 43.3 Å². The highest BCUT2D eigenvalue weighted by Crippen LogP contribution is 2.49. The molecule has 1 amide bonds. The summed E-state index contributed by atoms with van der Waals surface area (Å²) in [5, 5.41) is 3.57. The molecule has 3 aromatic carbocycles. The number of methoxy groups -OCH3 is 2. The number of rotatable bonds is 7. The number of Topliss-reactive ketones (excluding diaryl/α,β-unsaturated/α-hetero) is 1. The molecule has 0 spiro atoms. The average molecular weight is 541 g/mol. The molecule has 0 unspecified atom stereocenters. The Hall–Kier alpha value is -4.26. The van der Waals surface area contributed by atoms with E-state index in [2.05, 4.69) is 12.2 Å². The summed E-state index contributed by atoms with van der Waals surface area (Å²) in [5.74, 6) is 1.72. The molecular formula is C33H36N2O5. The van der Waals surface area contributed by atoms with E-state index in [1.54, 1.807) is 26.0 Å². The number of para-hydroxylation sites is 3. The van der Waals surface area contributed by atoms with Crippen LogP contribution in [0.2, 0.25) is 0 Å². The van der Waals surface area contributed by atoms with Crippen LogP contribution in [0.15, 0.2) is 78.0 Å². The standard InChI is InChI=1S/C33H36N2O5/c1-6-20(2)40-29-14-10-7-11-24(29)33-32-26(34-25-12-8-9-13-27(25)35(33)21(3)36)17-23(18-28(32)37)22-15-16-30(38-4)31(19-22)39-5/h7-16,19-20,23,33-34H,6,17-18H2,1-5H3/t20-,23-,33+/m1/s1. The Labute approximate surface area is 235 Å². The SMILES string of the molecule is CC[C@@H](C)Oc1ccccc1[C@H]1C2=C(C[C@@H](c3ccc(OC)c(OC)c3)CC2=O)Nc2ccccc2N1C(C)=O. The molecule has 7 heteroatoms. The molecule has 1 aliphatic carbocycles. The van der Waals surface area contributed by atoms with Crippen molar-refractivity contribution in [3.63, 3.8) is 0 Å². The van der Waals surface area contributed by atoms with Gasteiger partial charge < -0.3 is 19.5 Å². The number of carbonyl (C=O) groups is 2. The van der Waals surface area contributed by atoms with Crippen molar-refractivity contribution in [1.82, 2.24) is 0 Å². The molecule has 5 rings (SSSR count). The van der Waals surface area contributed by atoms with Crippen molar-refractivity contribution in [3.05, 3.63) is 89.1 Å². The fourth-order valence-corrected chi connectivity index (χ4v) is 5.69. The lowest BCUT2D eigenvalue weighted by Gasteiger charge is -2.35. The number of carbonyl (C=O) groups excluding carboxylic acids is 2. The van der Waals surface area contributed by atoms with Gasteiger partial charge in [0.25, 0.3) is 0 Å². The molecule has 3 aromatic rings. The number of anilines is 2. The van der Waals surface area contributed by atoms with Crippen LogP contribution in [0.25, 0.3) is 0 Å². The second-order valence-electron chi connectivity index (χ2n) is 10.3. The molecular weight excluding hydrogens is 504 g/mol. The highest BCUT2D eigenvalue weighted by atomic mass is 16.5. The maximum atomic E-state index is 14.2. The largest absolute Gasteiger partial charge is 0.493 e. The Bertz CT molecular complexity index is 1460. The fourth-order valence-electron chi connectivity index (χ4n) is 5.69. The number of ether oxygens (including phenoxy) is 3.